The van der Waals surface area contributed by atoms with Gasteiger partial charge in [-0.15, -0.1) is 0 Å². The predicted octanol–water partition coefficient (Wildman–Crippen LogP) is 3.15. The SMILES string of the molecule is CN(CCOc1ccc([N+](=O)[O-])cc1)CCc1ccccc1. The maximum Gasteiger partial charge on any atom is 0.269 e. The number of non-ortho nitro benzene ring substituents is 1. The van der Waals surface area contributed by atoms with Crippen molar-refractivity contribution in [2.75, 3.05) is 26.7 Å². The molecule has 0 amide bonds. The fourth-order valence-corrected chi connectivity index (χ4v) is 2.06. The molecule has 0 aromatic heterocycles. The Labute approximate surface area is 130 Å². The number of benzene rings is 2. The summed E-state index contributed by atoms with van der Waals surface area (Å²) in [5.74, 6) is 0.655. The van der Waals surface area contributed by atoms with Crippen LogP contribution in [0, 0.1) is 10.1 Å². The number of hydrogen-bond donors (Lipinski definition) is 0. The highest BCUT2D eigenvalue weighted by Crippen LogP contribution is 2.17. The van der Waals surface area contributed by atoms with Crippen LogP contribution in [0.5, 0.6) is 5.75 Å². The fourth-order valence-electron chi connectivity index (χ4n) is 2.06. The summed E-state index contributed by atoms with van der Waals surface area (Å²) in [6.45, 7) is 2.33. The molecule has 0 saturated carbocycles. The van der Waals surface area contributed by atoms with Crippen LogP contribution in [-0.2, 0) is 6.42 Å². The van der Waals surface area contributed by atoms with E-state index in [4.69, 9.17) is 4.74 Å². The molecule has 0 bridgehead atoms. The van der Waals surface area contributed by atoms with Crippen molar-refractivity contribution < 1.29 is 9.66 Å². The molecule has 5 nitrogen and oxygen atoms in total. The maximum atomic E-state index is 10.6. The van der Waals surface area contributed by atoms with E-state index in [1.165, 1.54) is 17.7 Å². The molecule has 2 aromatic carbocycles. The molecule has 0 unspecified atom stereocenters. The zero-order valence-corrected chi connectivity index (χ0v) is 12.6. The third-order valence-electron chi connectivity index (χ3n) is 3.41. The molecule has 0 atom stereocenters. The Balaban J connectivity index is 1.68. The molecule has 0 radical (unpaired) electrons. The van der Waals surface area contributed by atoms with Crippen LogP contribution in [0.25, 0.3) is 0 Å². The lowest BCUT2D eigenvalue weighted by atomic mass is 10.1. The number of nitrogens with zero attached hydrogens (tertiary/aromatic N) is 2. The van der Waals surface area contributed by atoms with Crippen LogP contribution >= 0.6 is 0 Å². The Hall–Kier alpha value is -2.40. The molecule has 2 rings (SSSR count). The summed E-state index contributed by atoms with van der Waals surface area (Å²) in [5, 5.41) is 10.6. The Morgan fingerprint density at radius 3 is 2.36 bits per heavy atom. The first kappa shape index (κ1) is 16.0. The summed E-state index contributed by atoms with van der Waals surface area (Å²) >= 11 is 0. The van der Waals surface area contributed by atoms with Gasteiger partial charge in [0.2, 0.25) is 0 Å². The Morgan fingerprint density at radius 1 is 1.05 bits per heavy atom. The largest absolute Gasteiger partial charge is 0.492 e. The zero-order chi connectivity index (χ0) is 15.8. The van der Waals surface area contributed by atoms with Gasteiger partial charge in [0.15, 0.2) is 0 Å². The summed E-state index contributed by atoms with van der Waals surface area (Å²) < 4.78 is 5.60. The van der Waals surface area contributed by atoms with Crippen molar-refractivity contribution in [3.63, 3.8) is 0 Å². The summed E-state index contributed by atoms with van der Waals surface area (Å²) in [6, 6.07) is 16.5. The van der Waals surface area contributed by atoms with Gasteiger partial charge < -0.3 is 9.64 Å². The Morgan fingerprint density at radius 2 is 1.73 bits per heavy atom. The summed E-state index contributed by atoms with van der Waals surface area (Å²) in [4.78, 5) is 12.4. The molecular weight excluding hydrogens is 280 g/mol. The van der Waals surface area contributed by atoms with E-state index in [1.807, 2.05) is 18.2 Å². The first-order valence-corrected chi connectivity index (χ1v) is 7.25. The van der Waals surface area contributed by atoms with E-state index in [9.17, 15) is 10.1 Å². The van der Waals surface area contributed by atoms with Crippen LogP contribution in [0.4, 0.5) is 5.69 Å². The first-order valence-electron chi connectivity index (χ1n) is 7.25. The second-order valence-electron chi connectivity index (χ2n) is 5.14. The van der Waals surface area contributed by atoms with E-state index >= 15 is 0 Å². The molecule has 0 heterocycles. The van der Waals surface area contributed by atoms with E-state index in [2.05, 4.69) is 24.1 Å². The van der Waals surface area contributed by atoms with Gasteiger partial charge >= 0.3 is 0 Å². The van der Waals surface area contributed by atoms with Crippen molar-refractivity contribution in [1.82, 2.24) is 4.90 Å². The Bertz CT molecular complexity index is 585. The molecule has 0 aliphatic carbocycles. The van der Waals surface area contributed by atoms with E-state index in [0.29, 0.717) is 12.4 Å². The van der Waals surface area contributed by atoms with Crippen molar-refractivity contribution >= 4 is 5.69 Å². The van der Waals surface area contributed by atoms with E-state index in [1.54, 1.807) is 12.1 Å². The molecule has 0 N–H and O–H groups in total. The lowest BCUT2D eigenvalue weighted by Crippen LogP contribution is -2.26. The third-order valence-corrected chi connectivity index (χ3v) is 3.41. The Kier molecular flexibility index (Phi) is 5.91. The summed E-state index contributed by atoms with van der Waals surface area (Å²) in [7, 11) is 2.06. The minimum absolute atomic E-state index is 0.0762. The minimum atomic E-state index is -0.416. The van der Waals surface area contributed by atoms with Gasteiger partial charge in [0.1, 0.15) is 12.4 Å². The quantitative estimate of drug-likeness (QED) is 0.555. The average molecular weight is 300 g/mol. The van der Waals surface area contributed by atoms with E-state index < -0.39 is 4.92 Å². The topological polar surface area (TPSA) is 55.6 Å². The van der Waals surface area contributed by atoms with Crippen LogP contribution in [0.15, 0.2) is 54.6 Å². The smallest absolute Gasteiger partial charge is 0.269 e. The molecule has 0 aliphatic heterocycles. The van der Waals surface area contributed by atoms with E-state index in [-0.39, 0.29) is 5.69 Å². The lowest BCUT2D eigenvalue weighted by molar-refractivity contribution is -0.384. The molecule has 0 spiro atoms. The third kappa shape index (κ3) is 5.18. The molecule has 0 aliphatic rings. The first-order chi connectivity index (χ1) is 10.6. The van der Waals surface area contributed by atoms with Gasteiger partial charge in [0.25, 0.3) is 5.69 Å². The standard InChI is InChI=1S/C17H20N2O3/c1-18(12-11-15-5-3-2-4-6-15)13-14-22-17-9-7-16(8-10-17)19(20)21/h2-10H,11-14H2,1H3. The van der Waals surface area contributed by atoms with Gasteiger partial charge in [-0.25, -0.2) is 0 Å². The van der Waals surface area contributed by atoms with Gasteiger partial charge in [-0.3, -0.25) is 10.1 Å². The molecule has 0 saturated heterocycles. The molecule has 22 heavy (non-hydrogen) atoms. The lowest BCUT2D eigenvalue weighted by Gasteiger charge is -2.16. The molecule has 0 fully saturated rings. The van der Waals surface area contributed by atoms with Gasteiger partial charge in [-0.2, -0.15) is 0 Å². The van der Waals surface area contributed by atoms with Crippen molar-refractivity contribution in [3.05, 3.63) is 70.3 Å². The highest BCUT2D eigenvalue weighted by Gasteiger charge is 2.05. The maximum absolute atomic E-state index is 10.6. The van der Waals surface area contributed by atoms with Crippen molar-refractivity contribution in [3.8, 4) is 5.75 Å². The van der Waals surface area contributed by atoms with Crippen molar-refractivity contribution in [2.45, 2.75) is 6.42 Å². The van der Waals surface area contributed by atoms with Gasteiger partial charge in [-0.1, -0.05) is 30.3 Å². The monoisotopic (exact) mass is 300 g/mol. The summed E-state index contributed by atoms with van der Waals surface area (Å²) in [5.41, 5.74) is 1.40. The summed E-state index contributed by atoms with van der Waals surface area (Å²) in [6.07, 6.45) is 1.01. The van der Waals surface area contributed by atoms with Gasteiger partial charge in [0, 0.05) is 25.2 Å². The number of rotatable bonds is 8. The number of nitro groups is 1. The van der Waals surface area contributed by atoms with Gasteiger partial charge in [0.05, 0.1) is 4.92 Å². The minimum Gasteiger partial charge on any atom is -0.492 e. The average Bonchev–Trinajstić information content (AvgIpc) is 2.54. The number of nitro benzene ring substituents is 1. The van der Waals surface area contributed by atoms with Crippen LogP contribution in [-0.4, -0.2) is 36.6 Å². The van der Waals surface area contributed by atoms with Crippen LogP contribution < -0.4 is 4.74 Å². The molecule has 5 heteroatoms. The number of hydrogen-bond acceptors (Lipinski definition) is 4. The molecule has 116 valence electrons. The fraction of sp³-hybridized carbons (Fsp3) is 0.294. The predicted molar refractivity (Wildman–Crippen MR) is 86.2 cm³/mol. The normalized spacial score (nSPS) is 10.6. The highest BCUT2D eigenvalue weighted by atomic mass is 16.6. The van der Waals surface area contributed by atoms with Crippen LogP contribution in [0.2, 0.25) is 0 Å². The molecular formula is C17H20N2O3. The van der Waals surface area contributed by atoms with E-state index in [0.717, 1.165) is 19.5 Å². The molecule has 2 aromatic rings. The van der Waals surface area contributed by atoms with Gasteiger partial charge in [-0.05, 0) is 31.2 Å². The van der Waals surface area contributed by atoms with Crippen molar-refractivity contribution in [1.29, 1.82) is 0 Å². The second kappa shape index (κ2) is 8.14. The second-order valence-corrected chi connectivity index (χ2v) is 5.14. The number of likely N-dealkylation sites (N-methyl/N-ethyl adjacent to an activating group) is 1. The highest BCUT2D eigenvalue weighted by molar-refractivity contribution is 5.35. The van der Waals surface area contributed by atoms with Crippen LogP contribution in [0.1, 0.15) is 5.56 Å². The zero-order valence-electron chi connectivity index (χ0n) is 12.6. The van der Waals surface area contributed by atoms with Crippen LogP contribution in [0.3, 0.4) is 0 Å². The van der Waals surface area contributed by atoms with Crippen molar-refractivity contribution in [2.24, 2.45) is 0 Å². The number of ether oxygens (including phenoxy) is 1.